The fourth-order valence-electron chi connectivity index (χ4n) is 4.96. The summed E-state index contributed by atoms with van der Waals surface area (Å²) in [5.74, 6) is 3.82. The van der Waals surface area contributed by atoms with Gasteiger partial charge in [0.2, 0.25) is 6.79 Å². The van der Waals surface area contributed by atoms with Crippen molar-refractivity contribution in [3.63, 3.8) is 0 Å². The molecule has 2 aromatic rings. The Morgan fingerprint density at radius 2 is 1.41 bits per heavy atom. The molecule has 34 heavy (non-hydrogen) atoms. The Balaban J connectivity index is 0.000000633. The zero-order valence-corrected chi connectivity index (χ0v) is 22.7. The van der Waals surface area contributed by atoms with Gasteiger partial charge < -0.3 is 18.9 Å². The van der Waals surface area contributed by atoms with E-state index in [1.165, 1.54) is 24.0 Å². The lowest BCUT2D eigenvalue weighted by atomic mass is 9.74. The normalized spacial score (nSPS) is 24.1. The highest BCUT2D eigenvalue weighted by Crippen LogP contribution is 2.53. The van der Waals surface area contributed by atoms with Crippen molar-refractivity contribution >= 4 is 0 Å². The molecule has 1 fully saturated rings. The van der Waals surface area contributed by atoms with Gasteiger partial charge in [-0.1, -0.05) is 60.6 Å². The minimum atomic E-state index is -0.359. The summed E-state index contributed by atoms with van der Waals surface area (Å²) in [7, 11) is 1.70. The number of rotatable bonds is 3. The van der Waals surface area contributed by atoms with Crippen molar-refractivity contribution < 1.29 is 18.9 Å². The summed E-state index contributed by atoms with van der Waals surface area (Å²) < 4.78 is 23.4. The standard InChI is InChI=1S/C23H27NO4.3C2H6/c1-15-22(16-6-8-17(25-3)9-7-16)18-12-20-21(27-14-26-20)13-19(18)28-23(15,2)24-10-4-5-11-24;3*1-2/h6-9,12-13,15,22H,4-5,10-11,14H2,1-3H3;3*1-2H3. The second-order valence-corrected chi connectivity index (χ2v) is 8.13. The molecular weight excluding hydrogens is 426 g/mol. The zero-order chi connectivity index (χ0) is 25.3. The maximum Gasteiger partial charge on any atom is 0.231 e. The minimum Gasteiger partial charge on any atom is -0.497 e. The summed E-state index contributed by atoms with van der Waals surface area (Å²) in [6.07, 6.45) is 2.46. The number of hydrogen-bond acceptors (Lipinski definition) is 5. The first-order valence-corrected chi connectivity index (χ1v) is 13.1. The van der Waals surface area contributed by atoms with E-state index in [0.29, 0.717) is 0 Å². The van der Waals surface area contributed by atoms with Gasteiger partial charge in [0.05, 0.1) is 7.11 Å². The lowest BCUT2D eigenvalue weighted by Gasteiger charge is -2.50. The number of ether oxygens (including phenoxy) is 4. The Hall–Kier alpha value is -2.40. The van der Waals surface area contributed by atoms with E-state index < -0.39 is 0 Å². The van der Waals surface area contributed by atoms with Crippen molar-refractivity contribution in [1.82, 2.24) is 4.90 Å². The Labute approximate surface area is 207 Å². The van der Waals surface area contributed by atoms with Crippen LogP contribution in [0.15, 0.2) is 36.4 Å². The first kappa shape index (κ1) is 27.8. The molecule has 0 radical (unpaired) electrons. The molecule has 2 aromatic carbocycles. The second kappa shape index (κ2) is 12.9. The van der Waals surface area contributed by atoms with Gasteiger partial charge in [0.25, 0.3) is 0 Å². The minimum absolute atomic E-state index is 0.203. The number of benzene rings is 2. The van der Waals surface area contributed by atoms with E-state index in [0.717, 1.165) is 36.1 Å². The molecule has 0 bridgehead atoms. The van der Waals surface area contributed by atoms with E-state index in [2.05, 4.69) is 36.9 Å². The van der Waals surface area contributed by atoms with Gasteiger partial charge >= 0.3 is 0 Å². The van der Waals surface area contributed by atoms with Crippen molar-refractivity contribution in [2.45, 2.75) is 79.9 Å². The van der Waals surface area contributed by atoms with Gasteiger partial charge in [-0.25, -0.2) is 0 Å². The topological polar surface area (TPSA) is 40.2 Å². The van der Waals surface area contributed by atoms with Crippen LogP contribution >= 0.6 is 0 Å². The summed E-state index contributed by atoms with van der Waals surface area (Å²) in [6, 6.07) is 12.5. The van der Waals surface area contributed by atoms with Crippen LogP contribution in [0.5, 0.6) is 23.0 Å². The molecule has 3 aliphatic heterocycles. The van der Waals surface area contributed by atoms with Crippen molar-refractivity contribution in [2.75, 3.05) is 27.0 Å². The number of fused-ring (bicyclic) bond motifs is 2. The molecule has 3 atom stereocenters. The van der Waals surface area contributed by atoms with Crippen LogP contribution in [-0.4, -0.2) is 37.6 Å². The maximum atomic E-state index is 6.70. The van der Waals surface area contributed by atoms with Gasteiger partial charge in [-0.3, -0.25) is 4.90 Å². The SMILES string of the molecule is CC.CC.CC.COc1ccc(C2c3cc4c(cc3OC(C)(N3CCCC3)C2C)OCO4)cc1. The third kappa shape index (κ3) is 5.30. The molecule has 5 rings (SSSR count). The fourth-order valence-corrected chi connectivity index (χ4v) is 4.96. The van der Waals surface area contributed by atoms with Crippen LogP contribution < -0.4 is 18.9 Å². The molecule has 0 aliphatic carbocycles. The number of likely N-dealkylation sites (tertiary alicyclic amines) is 1. The zero-order valence-electron chi connectivity index (χ0n) is 22.7. The first-order valence-electron chi connectivity index (χ1n) is 13.1. The van der Waals surface area contributed by atoms with Crippen LogP contribution in [0.4, 0.5) is 0 Å². The Kier molecular flexibility index (Phi) is 10.6. The fraction of sp³-hybridized carbons (Fsp3) is 0.586. The number of methoxy groups -OCH3 is 1. The highest BCUT2D eigenvalue weighted by atomic mass is 16.7. The summed E-state index contributed by atoms with van der Waals surface area (Å²) >= 11 is 0. The van der Waals surface area contributed by atoms with E-state index in [9.17, 15) is 0 Å². The summed E-state index contributed by atoms with van der Waals surface area (Å²) in [5, 5.41) is 0. The Bertz CT molecular complexity index is 876. The van der Waals surface area contributed by atoms with E-state index >= 15 is 0 Å². The molecule has 1 saturated heterocycles. The number of nitrogens with zero attached hydrogens (tertiary/aromatic N) is 1. The van der Waals surface area contributed by atoms with Crippen LogP contribution in [0.25, 0.3) is 0 Å². The van der Waals surface area contributed by atoms with E-state index in [1.807, 2.05) is 59.7 Å². The highest BCUT2D eigenvalue weighted by molar-refractivity contribution is 5.56. The van der Waals surface area contributed by atoms with Gasteiger partial charge in [0.1, 0.15) is 11.5 Å². The van der Waals surface area contributed by atoms with E-state index in [-0.39, 0.29) is 24.4 Å². The third-order valence-corrected chi connectivity index (χ3v) is 6.71. The van der Waals surface area contributed by atoms with Crippen LogP contribution in [0.2, 0.25) is 0 Å². The quantitative estimate of drug-likeness (QED) is 0.464. The predicted molar refractivity (Wildman–Crippen MR) is 140 cm³/mol. The van der Waals surface area contributed by atoms with Crippen molar-refractivity contribution in [1.29, 1.82) is 0 Å². The molecular formula is C29H45NO4. The first-order chi connectivity index (χ1) is 16.6. The molecule has 3 heterocycles. The molecule has 5 nitrogen and oxygen atoms in total. The van der Waals surface area contributed by atoms with Gasteiger partial charge in [-0.2, -0.15) is 0 Å². The van der Waals surface area contributed by atoms with Crippen molar-refractivity contribution in [3.8, 4) is 23.0 Å². The molecule has 3 aliphatic rings. The molecule has 190 valence electrons. The van der Waals surface area contributed by atoms with Gasteiger partial charge in [-0.15, -0.1) is 0 Å². The molecule has 0 saturated carbocycles. The monoisotopic (exact) mass is 471 g/mol. The van der Waals surface area contributed by atoms with E-state index in [1.54, 1.807) is 7.11 Å². The van der Waals surface area contributed by atoms with Crippen LogP contribution in [0.3, 0.4) is 0 Å². The lowest BCUT2D eigenvalue weighted by Crippen LogP contribution is -2.57. The average molecular weight is 472 g/mol. The van der Waals surface area contributed by atoms with Crippen LogP contribution in [-0.2, 0) is 0 Å². The third-order valence-electron chi connectivity index (χ3n) is 6.71. The molecule has 3 unspecified atom stereocenters. The molecule has 0 N–H and O–H groups in total. The van der Waals surface area contributed by atoms with Gasteiger partial charge in [0.15, 0.2) is 17.2 Å². The van der Waals surface area contributed by atoms with Gasteiger partial charge in [0, 0.05) is 36.6 Å². The predicted octanol–water partition coefficient (Wildman–Crippen LogP) is 7.47. The summed E-state index contributed by atoms with van der Waals surface area (Å²) in [4.78, 5) is 2.50. The smallest absolute Gasteiger partial charge is 0.231 e. The van der Waals surface area contributed by atoms with E-state index in [4.69, 9.17) is 18.9 Å². The molecule has 0 spiro atoms. The molecule has 5 heteroatoms. The number of hydrogen-bond donors (Lipinski definition) is 0. The van der Waals surface area contributed by atoms with Crippen molar-refractivity contribution in [2.24, 2.45) is 5.92 Å². The highest BCUT2D eigenvalue weighted by Gasteiger charge is 2.49. The second-order valence-electron chi connectivity index (χ2n) is 8.13. The summed E-state index contributed by atoms with van der Waals surface area (Å²) in [6.45, 7) is 19.0. The van der Waals surface area contributed by atoms with Crippen molar-refractivity contribution in [3.05, 3.63) is 47.5 Å². The Morgan fingerprint density at radius 1 is 0.853 bits per heavy atom. The largest absolute Gasteiger partial charge is 0.497 e. The van der Waals surface area contributed by atoms with Crippen LogP contribution in [0.1, 0.15) is 85.3 Å². The van der Waals surface area contributed by atoms with Crippen LogP contribution in [0, 0.1) is 5.92 Å². The van der Waals surface area contributed by atoms with Gasteiger partial charge in [-0.05, 0) is 43.5 Å². The Morgan fingerprint density at radius 3 is 1.97 bits per heavy atom. The summed E-state index contributed by atoms with van der Waals surface area (Å²) in [5.41, 5.74) is 2.07. The average Bonchev–Trinajstić information content (AvgIpc) is 3.60. The molecule has 0 aromatic heterocycles. The lowest BCUT2D eigenvalue weighted by molar-refractivity contribution is -0.114. The molecule has 0 amide bonds. The maximum absolute atomic E-state index is 6.70.